The van der Waals surface area contributed by atoms with Crippen LogP contribution in [0.15, 0.2) is 36.5 Å². The molecule has 0 aliphatic heterocycles. The molecule has 1 aromatic carbocycles. The lowest BCUT2D eigenvalue weighted by Gasteiger charge is -2.36. The molecule has 2 unspecified atom stereocenters. The van der Waals surface area contributed by atoms with E-state index in [1.165, 1.54) is 42.2 Å². The zero-order valence-electron chi connectivity index (χ0n) is 23.2. The van der Waals surface area contributed by atoms with Gasteiger partial charge in [0.15, 0.2) is 0 Å². The number of amides is 3. The molecule has 3 atom stereocenters. The number of primary amides is 1. The third kappa shape index (κ3) is 7.50. The Morgan fingerprint density at radius 1 is 1.00 bits per heavy atom. The molecule has 0 spiro atoms. The van der Waals surface area contributed by atoms with Crippen molar-refractivity contribution in [3.05, 3.63) is 59.2 Å². The van der Waals surface area contributed by atoms with Crippen LogP contribution >= 0.6 is 0 Å². The number of halogens is 1. The molecule has 38 heavy (non-hydrogen) atoms. The first kappa shape index (κ1) is 30.7. The number of carbonyl (C=O) groups excluding carboxylic acids is 3. The molecule has 0 bridgehead atoms. The van der Waals surface area contributed by atoms with Gasteiger partial charge in [0.2, 0.25) is 23.7 Å². The Kier molecular flexibility index (Phi) is 9.97. The van der Waals surface area contributed by atoms with E-state index in [-0.39, 0.29) is 29.9 Å². The van der Waals surface area contributed by atoms with Crippen molar-refractivity contribution in [3.63, 3.8) is 0 Å². The van der Waals surface area contributed by atoms with E-state index in [1.807, 2.05) is 26.8 Å². The predicted molar refractivity (Wildman–Crippen MR) is 144 cm³/mol. The van der Waals surface area contributed by atoms with Crippen molar-refractivity contribution in [2.45, 2.75) is 71.0 Å². The number of hydrogen-bond acceptors (Lipinski definition) is 6. The molecule has 1 heterocycles. The first-order valence-electron chi connectivity index (χ1n) is 12.6. The summed E-state index contributed by atoms with van der Waals surface area (Å²) >= 11 is 0. The quantitative estimate of drug-likeness (QED) is 0.403. The maximum Gasteiger partial charge on any atom is 0.246 e. The lowest BCUT2D eigenvalue weighted by atomic mass is 9.84. The van der Waals surface area contributed by atoms with E-state index in [0.717, 1.165) is 5.56 Å². The van der Waals surface area contributed by atoms with Crippen LogP contribution < -0.4 is 11.5 Å². The maximum atomic E-state index is 13.7. The van der Waals surface area contributed by atoms with Crippen LogP contribution in [0.2, 0.25) is 0 Å². The maximum absolute atomic E-state index is 13.7. The molecular formula is C28H40FN5O4. The van der Waals surface area contributed by atoms with Crippen LogP contribution in [0.25, 0.3) is 0 Å². The molecule has 0 aliphatic rings. The summed E-state index contributed by atoms with van der Waals surface area (Å²) in [7, 11) is 2.98. The van der Waals surface area contributed by atoms with Crippen molar-refractivity contribution in [2.24, 2.45) is 17.4 Å². The highest BCUT2D eigenvalue weighted by Crippen LogP contribution is 2.31. The van der Waals surface area contributed by atoms with Crippen molar-refractivity contribution >= 4 is 17.7 Å². The molecular weight excluding hydrogens is 489 g/mol. The molecule has 0 radical (unpaired) electrons. The number of aromatic hydroxyl groups is 1. The van der Waals surface area contributed by atoms with E-state index in [2.05, 4.69) is 4.98 Å². The van der Waals surface area contributed by atoms with E-state index < -0.39 is 41.8 Å². The Balaban J connectivity index is 2.26. The third-order valence-electron chi connectivity index (χ3n) is 6.65. The first-order chi connectivity index (χ1) is 17.5. The average Bonchev–Trinajstić information content (AvgIpc) is 2.82. The number of pyridine rings is 1. The van der Waals surface area contributed by atoms with Gasteiger partial charge in [-0.1, -0.05) is 52.8 Å². The Bertz CT molecular complexity index is 1150. The van der Waals surface area contributed by atoms with Gasteiger partial charge in [0.05, 0.1) is 6.04 Å². The van der Waals surface area contributed by atoms with E-state index in [1.54, 1.807) is 26.0 Å². The van der Waals surface area contributed by atoms with Crippen LogP contribution in [0.1, 0.15) is 51.3 Å². The summed E-state index contributed by atoms with van der Waals surface area (Å²) in [6.07, 6.45) is 1.57. The van der Waals surface area contributed by atoms with Gasteiger partial charge in [0.25, 0.3) is 0 Å². The zero-order chi connectivity index (χ0) is 28.9. The van der Waals surface area contributed by atoms with Crippen LogP contribution in [0.5, 0.6) is 5.75 Å². The van der Waals surface area contributed by atoms with Gasteiger partial charge in [-0.05, 0) is 46.6 Å². The number of nitrogens with zero attached hydrogens (tertiary/aromatic N) is 3. The van der Waals surface area contributed by atoms with Gasteiger partial charge >= 0.3 is 0 Å². The molecule has 5 N–H and O–H groups in total. The molecule has 0 aliphatic carbocycles. The standard InChI is InChI=1S/C28H40FN5O4/c1-16(2)24(34(7)26(37)20(30)13-18-9-11-23(29)32-15-18)27(38)33(6)21(25(31)36)14-17-8-10-22(35)19(12-17)28(3,4)5/h8-12,15-16,20-21,24,35H,13-14,30H2,1-7H3,(H2,31,36)/t20?,21?,24-/m0/s1. The van der Waals surface area contributed by atoms with E-state index in [0.29, 0.717) is 11.1 Å². The third-order valence-corrected chi connectivity index (χ3v) is 6.65. The minimum atomic E-state index is -0.983. The van der Waals surface area contributed by atoms with E-state index in [9.17, 15) is 23.9 Å². The van der Waals surface area contributed by atoms with Crippen LogP contribution in [0.4, 0.5) is 4.39 Å². The molecule has 0 fully saturated rings. The van der Waals surface area contributed by atoms with Crippen molar-refractivity contribution in [1.82, 2.24) is 14.8 Å². The van der Waals surface area contributed by atoms with E-state index in [4.69, 9.17) is 11.5 Å². The first-order valence-corrected chi connectivity index (χ1v) is 12.6. The average molecular weight is 530 g/mol. The Morgan fingerprint density at radius 2 is 1.61 bits per heavy atom. The highest BCUT2D eigenvalue weighted by atomic mass is 19.1. The van der Waals surface area contributed by atoms with Gasteiger partial charge in [0, 0.05) is 26.7 Å². The molecule has 2 rings (SSSR count). The number of carbonyl (C=O) groups is 3. The lowest BCUT2D eigenvalue weighted by Crippen LogP contribution is -2.58. The minimum absolute atomic E-state index is 0.117. The van der Waals surface area contributed by atoms with Crippen LogP contribution in [0, 0.1) is 11.9 Å². The smallest absolute Gasteiger partial charge is 0.246 e. The lowest BCUT2D eigenvalue weighted by molar-refractivity contribution is -0.149. The molecule has 2 aromatic rings. The summed E-state index contributed by atoms with van der Waals surface area (Å²) in [6.45, 7) is 9.48. The van der Waals surface area contributed by atoms with Gasteiger partial charge < -0.3 is 26.4 Å². The second kappa shape index (κ2) is 12.3. The number of phenols is 1. The topological polar surface area (TPSA) is 143 Å². The Hall–Kier alpha value is -3.53. The second-order valence-corrected chi connectivity index (χ2v) is 11.1. The van der Waals surface area contributed by atoms with Crippen molar-refractivity contribution in [3.8, 4) is 5.75 Å². The van der Waals surface area contributed by atoms with Gasteiger partial charge in [-0.15, -0.1) is 0 Å². The van der Waals surface area contributed by atoms with Crippen LogP contribution in [-0.4, -0.2) is 69.8 Å². The number of rotatable bonds is 10. The van der Waals surface area contributed by atoms with Crippen molar-refractivity contribution in [2.75, 3.05) is 14.1 Å². The Labute approximate surface area is 224 Å². The number of hydrogen-bond donors (Lipinski definition) is 3. The summed E-state index contributed by atoms with van der Waals surface area (Å²) in [5.74, 6) is -2.40. The molecule has 9 nitrogen and oxygen atoms in total. The number of likely N-dealkylation sites (N-methyl/N-ethyl adjacent to an activating group) is 2. The second-order valence-electron chi connectivity index (χ2n) is 11.1. The number of aromatic nitrogens is 1. The fraction of sp³-hybridized carbons (Fsp3) is 0.500. The number of benzene rings is 1. The minimum Gasteiger partial charge on any atom is -0.508 e. The van der Waals surface area contributed by atoms with Gasteiger partial charge in [-0.25, -0.2) is 4.98 Å². The fourth-order valence-electron chi connectivity index (χ4n) is 4.49. The van der Waals surface area contributed by atoms with Crippen molar-refractivity contribution < 1.29 is 23.9 Å². The monoisotopic (exact) mass is 529 g/mol. The number of phenolic OH excluding ortho intramolecular Hbond substituents is 1. The van der Waals surface area contributed by atoms with Gasteiger partial charge in [-0.2, -0.15) is 4.39 Å². The molecule has 1 aromatic heterocycles. The molecule has 0 saturated carbocycles. The molecule has 3 amide bonds. The van der Waals surface area contributed by atoms with E-state index >= 15 is 0 Å². The van der Waals surface area contributed by atoms with Gasteiger partial charge in [-0.3, -0.25) is 14.4 Å². The largest absolute Gasteiger partial charge is 0.508 e. The summed E-state index contributed by atoms with van der Waals surface area (Å²) in [5.41, 5.74) is 13.6. The molecule has 208 valence electrons. The zero-order valence-corrected chi connectivity index (χ0v) is 23.2. The molecule has 0 saturated heterocycles. The summed E-state index contributed by atoms with van der Waals surface area (Å²) in [4.78, 5) is 45.4. The van der Waals surface area contributed by atoms with Crippen LogP contribution in [0.3, 0.4) is 0 Å². The summed E-state index contributed by atoms with van der Waals surface area (Å²) in [5, 5.41) is 10.3. The SMILES string of the molecule is CC(C)[C@@H](C(=O)N(C)C(Cc1ccc(O)c(C(C)(C)C)c1)C(N)=O)N(C)C(=O)C(N)Cc1ccc(F)nc1. The van der Waals surface area contributed by atoms with Crippen molar-refractivity contribution in [1.29, 1.82) is 0 Å². The van der Waals surface area contributed by atoms with Crippen LogP contribution in [-0.2, 0) is 32.6 Å². The normalized spacial score (nSPS) is 14.1. The molecule has 10 heteroatoms. The highest BCUT2D eigenvalue weighted by Gasteiger charge is 2.37. The van der Waals surface area contributed by atoms with Gasteiger partial charge in [0.1, 0.15) is 17.8 Å². The Morgan fingerprint density at radius 3 is 2.11 bits per heavy atom. The summed E-state index contributed by atoms with van der Waals surface area (Å²) < 4.78 is 13.1. The highest BCUT2D eigenvalue weighted by molar-refractivity contribution is 5.92. The fourth-order valence-corrected chi connectivity index (χ4v) is 4.49. The predicted octanol–water partition coefficient (Wildman–Crippen LogP) is 2.13. The summed E-state index contributed by atoms with van der Waals surface area (Å²) in [6, 6.07) is 4.89. The number of nitrogens with two attached hydrogens (primary N) is 2.